The molecule has 0 spiro atoms. The van der Waals surface area contributed by atoms with Gasteiger partial charge in [-0.1, -0.05) is 6.08 Å². The van der Waals surface area contributed by atoms with Crippen molar-refractivity contribution in [3.8, 4) is 0 Å². The number of allylic oxidation sites excluding steroid dienone is 1. The molecule has 0 saturated heterocycles. The summed E-state index contributed by atoms with van der Waals surface area (Å²) in [5.74, 6) is 0.390. The fraction of sp³-hybridized carbons (Fsp3) is 0.733. The van der Waals surface area contributed by atoms with Crippen LogP contribution in [0.15, 0.2) is 12.7 Å². The first-order valence-electron chi connectivity index (χ1n) is 6.87. The first kappa shape index (κ1) is 15.7. The van der Waals surface area contributed by atoms with E-state index < -0.39 is 11.7 Å². The summed E-state index contributed by atoms with van der Waals surface area (Å²) in [5.41, 5.74) is -0.520. The van der Waals surface area contributed by atoms with Crippen molar-refractivity contribution in [3.63, 3.8) is 0 Å². The van der Waals surface area contributed by atoms with Gasteiger partial charge in [0, 0.05) is 18.4 Å². The fourth-order valence-corrected chi connectivity index (χ4v) is 2.39. The van der Waals surface area contributed by atoms with Gasteiger partial charge in [0.1, 0.15) is 11.4 Å². The zero-order valence-electron chi connectivity index (χ0n) is 12.4. The molecule has 0 aromatic rings. The number of ketones is 1. The number of alkyl carbamates (subject to hydrolysis) is 1. The lowest BCUT2D eigenvalue weighted by Gasteiger charge is -2.30. The Hall–Kier alpha value is -1.32. The van der Waals surface area contributed by atoms with Gasteiger partial charge in [-0.05, 0) is 46.5 Å². The van der Waals surface area contributed by atoms with E-state index in [9.17, 15) is 9.59 Å². The smallest absolute Gasteiger partial charge is 0.407 e. The predicted octanol–water partition coefficient (Wildman–Crippen LogP) is 3.07. The van der Waals surface area contributed by atoms with E-state index in [2.05, 4.69) is 11.9 Å². The number of carbonyl (C=O) groups is 2. The average molecular weight is 267 g/mol. The molecule has 0 aromatic heterocycles. The Labute approximate surface area is 115 Å². The molecule has 0 heterocycles. The monoisotopic (exact) mass is 267 g/mol. The summed E-state index contributed by atoms with van der Waals surface area (Å²) >= 11 is 0. The summed E-state index contributed by atoms with van der Waals surface area (Å²) in [4.78, 5) is 23.7. The molecule has 108 valence electrons. The average Bonchev–Trinajstić information content (AvgIpc) is 2.25. The molecule has 1 saturated carbocycles. The van der Waals surface area contributed by atoms with Crippen LogP contribution in [0.1, 0.15) is 47.0 Å². The van der Waals surface area contributed by atoms with E-state index in [0.29, 0.717) is 6.42 Å². The maximum Gasteiger partial charge on any atom is 0.407 e. The van der Waals surface area contributed by atoms with Crippen LogP contribution in [-0.4, -0.2) is 23.5 Å². The SMILES string of the molecule is C=C[C@@H]1CCC([C@H](C)NC(=O)OC(C)(C)C)C(=O)C1. The van der Waals surface area contributed by atoms with E-state index in [-0.39, 0.29) is 23.7 Å². The first-order valence-corrected chi connectivity index (χ1v) is 6.87. The van der Waals surface area contributed by atoms with Crippen LogP contribution >= 0.6 is 0 Å². The zero-order chi connectivity index (χ0) is 14.6. The lowest BCUT2D eigenvalue weighted by atomic mass is 9.78. The van der Waals surface area contributed by atoms with E-state index in [0.717, 1.165) is 12.8 Å². The van der Waals surface area contributed by atoms with Gasteiger partial charge in [0.15, 0.2) is 0 Å². The molecular weight excluding hydrogens is 242 g/mol. The summed E-state index contributed by atoms with van der Waals surface area (Å²) < 4.78 is 5.20. The van der Waals surface area contributed by atoms with E-state index in [1.54, 1.807) is 0 Å². The van der Waals surface area contributed by atoms with Crippen molar-refractivity contribution >= 4 is 11.9 Å². The third-order valence-electron chi connectivity index (χ3n) is 3.41. The van der Waals surface area contributed by atoms with Gasteiger partial charge >= 0.3 is 6.09 Å². The van der Waals surface area contributed by atoms with Crippen LogP contribution in [-0.2, 0) is 9.53 Å². The largest absolute Gasteiger partial charge is 0.444 e. The fourth-order valence-electron chi connectivity index (χ4n) is 2.39. The lowest BCUT2D eigenvalue weighted by molar-refractivity contribution is -0.126. The van der Waals surface area contributed by atoms with Crippen LogP contribution in [0, 0.1) is 11.8 Å². The Kier molecular flexibility index (Phi) is 5.15. The van der Waals surface area contributed by atoms with Gasteiger partial charge in [0.2, 0.25) is 0 Å². The van der Waals surface area contributed by atoms with Crippen LogP contribution in [0.2, 0.25) is 0 Å². The first-order chi connectivity index (χ1) is 8.73. The minimum absolute atomic E-state index is 0.108. The maximum absolute atomic E-state index is 12.0. The third-order valence-corrected chi connectivity index (χ3v) is 3.41. The van der Waals surface area contributed by atoms with Crippen LogP contribution in [0.5, 0.6) is 0 Å². The number of Topliss-reactive ketones (excluding diaryl/α,β-unsaturated/α-hetero) is 1. The van der Waals surface area contributed by atoms with E-state index in [1.807, 2.05) is 33.8 Å². The number of carbonyl (C=O) groups excluding carboxylic acids is 2. The summed E-state index contributed by atoms with van der Waals surface area (Å²) in [6.45, 7) is 11.0. The lowest BCUT2D eigenvalue weighted by Crippen LogP contribution is -2.45. The number of ether oxygens (including phenoxy) is 1. The molecule has 4 heteroatoms. The zero-order valence-corrected chi connectivity index (χ0v) is 12.4. The molecule has 1 aliphatic carbocycles. The number of hydrogen-bond donors (Lipinski definition) is 1. The summed E-state index contributed by atoms with van der Waals surface area (Å²) in [6.07, 6.45) is 3.68. The second kappa shape index (κ2) is 6.22. The van der Waals surface area contributed by atoms with Crippen LogP contribution in [0.25, 0.3) is 0 Å². The molecular formula is C15H25NO3. The predicted molar refractivity (Wildman–Crippen MR) is 74.9 cm³/mol. The van der Waals surface area contributed by atoms with Gasteiger partial charge in [-0.15, -0.1) is 6.58 Å². The topological polar surface area (TPSA) is 55.4 Å². The highest BCUT2D eigenvalue weighted by Crippen LogP contribution is 2.28. The van der Waals surface area contributed by atoms with E-state index in [4.69, 9.17) is 4.74 Å². The van der Waals surface area contributed by atoms with Crippen LogP contribution in [0.3, 0.4) is 0 Å². The van der Waals surface area contributed by atoms with Gasteiger partial charge in [-0.2, -0.15) is 0 Å². The third kappa shape index (κ3) is 5.05. The molecule has 1 rings (SSSR count). The Morgan fingerprint density at radius 3 is 2.58 bits per heavy atom. The van der Waals surface area contributed by atoms with Crippen LogP contribution < -0.4 is 5.32 Å². The number of nitrogens with one attached hydrogen (secondary N) is 1. The van der Waals surface area contributed by atoms with Crippen molar-refractivity contribution in [1.82, 2.24) is 5.32 Å². The molecule has 1 N–H and O–H groups in total. The molecule has 1 fully saturated rings. The molecule has 0 bridgehead atoms. The summed E-state index contributed by atoms with van der Waals surface area (Å²) in [5, 5.41) is 2.76. The van der Waals surface area contributed by atoms with Crippen molar-refractivity contribution in [2.24, 2.45) is 11.8 Å². The number of rotatable bonds is 3. The molecule has 0 radical (unpaired) electrons. The molecule has 1 aliphatic rings. The number of amides is 1. The Balaban J connectivity index is 2.50. The van der Waals surface area contributed by atoms with Crippen molar-refractivity contribution < 1.29 is 14.3 Å². The molecule has 3 atom stereocenters. The molecule has 1 unspecified atom stereocenters. The van der Waals surface area contributed by atoms with E-state index in [1.165, 1.54) is 0 Å². The minimum Gasteiger partial charge on any atom is -0.444 e. The van der Waals surface area contributed by atoms with Gasteiger partial charge in [0.25, 0.3) is 0 Å². The standard InChI is InChI=1S/C15H25NO3/c1-6-11-7-8-12(13(17)9-11)10(2)16-14(18)19-15(3,4)5/h6,10-12H,1,7-9H2,2-5H3,(H,16,18)/t10-,11+,12?/m0/s1. The Morgan fingerprint density at radius 2 is 2.11 bits per heavy atom. The second-order valence-electron chi connectivity index (χ2n) is 6.28. The quantitative estimate of drug-likeness (QED) is 0.799. The second-order valence-corrected chi connectivity index (χ2v) is 6.28. The van der Waals surface area contributed by atoms with Gasteiger partial charge in [-0.3, -0.25) is 4.79 Å². The summed E-state index contributed by atoms with van der Waals surface area (Å²) in [6, 6.07) is -0.187. The Morgan fingerprint density at radius 1 is 1.47 bits per heavy atom. The van der Waals surface area contributed by atoms with Crippen LogP contribution in [0.4, 0.5) is 4.79 Å². The highest BCUT2D eigenvalue weighted by Gasteiger charge is 2.32. The van der Waals surface area contributed by atoms with Gasteiger partial charge in [0.05, 0.1) is 0 Å². The number of hydrogen-bond acceptors (Lipinski definition) is 3. The normalized spacial score (nSPS) is 25.6. The van der Waals surface area contributed by atoms with Crippen molar-refractivity contribution in [1.29, 1.82) is 0 Å². The highest BCUT2D eigenvalue weighted by atomic mass is 16.6. The maximum atomic E-state index is 12.0. The van der Waals surface area contributed by atoms with Crippen molar-refractivity contribution in [2.75, 3.05) is 0 Å². The molecule has 0 aromatic carbocycles. The van der Waals surface area contributed by atoms with Gasteiger partial charge in [-0.25, -0.2) is 4.79 Å². The molecule has 19 heavy (non-hydrogen) atoms. The summed E-state index contributed by atoms with van der Waals surface area (Å²) in [7, 11) is 0. The minimum atomic E-state index is -0.520. The van der Waals surface area contributed by atoms with Crippen molar-refractivity contribution in [2.45, 2.75) is 58.6 Å². The van der Waals surface area contributed by atoms with E-state index >= 15 is 0 Å². The molecule has 0 aliphatic heterocycles. The van der Waals surface area contributed by atoms with Crippen molar-refractivity contribution in [3.05, 3.63) is 12.7 Å². The molecule has 4 nitrogen and oxygen atoms in total. The van der Waals surface area contributed by atoms with Gasteiger partial charge < -0.3 is 10.1 Å². The highest BCUT2D eigenvalue weighted by molar-refractivity contribution is 5.83. The molecule has 1 amide bonds. The Bertz CT molecular complexity index is 357.